The highest BCUT2D eigenvalue weighted by Gasteiger charge is 2.28. The first-order valence-corrected chi connectivity index (χ1v) is 5.42. The lowest BCUT2D eigenvalue weighted by Crippen LogP contribution is -2.47. The Bertz CT molecular complexity index is 317. The molecule has 0 saturated carbocycles. The van der Waals surface area contributed by atoms with Crippen LogP contribution in [0.1, 0.15) is 34.6 Å². The minimum atomic E-state index is -1.11. The Labute approximate surface area is 102 Å². The minimum absolute atomic E-state index is 0.361. The summed E-state index contributed by atoms with van der Waals surface area (Å²) in [5.41, 5.74) is 0.0352. The normalized spacial score (nSPS) is 14.6. The van der Waals surface area contributed by atoms with Crippen LogP contribution in [-0.2, 0) is 9.53 Å². The van der Waals surface area contributed by atoms with Gasteiger partial charge in [0.1, 0.15) is 11.6 Å². The Kier molecular flexibility index (Phi) is 5.19. The van der Waals surface area contributed by atoms with Gasteiger partial charge >= 0.3 is 12.1 Å². The molecule has 0 bridgehead atoms. The molecule has 0 aliphatic rings. The van der Waals surface area contributed by atoms with Crippen LogP contribution in [0.25, 0.3) is 0 Å². The van der Waals surface area contributed by atoms with E-state index in [1.165, 1.54) is 0 Å². The van der Waals surface area contributed by atoms with Gasteiger partial charge in [0.2, 0.25) is 0 Å². The van der Waals surface area contributed by atoms with Crippen molar-refractivity contribution >= 4 is 12.1 Å². The third-order valence-electron chi connectivity index (χ3n) is 2.22. The summed E-state index contributed by atoms with van der Waals surface area (Å²) in [5.74, 6) is -1.47. The minimum Gasteiger partial charge on any atom is -0.480 e. The summed E-state index contributed by atoms with van der Waals surface area (Å²) in [4.78, 5) is 22.5. The molecule has 0 rings (SSSR count). The summed E-state index contributed by atoms with van der Waals surface area (Å²) in [6, 6.07) is -1.03. The molecule has 0 unspecified atom stereocenters. The summed E-state index contributed by atoms with van der Waals surface area (Å²) in [6.45, 7) is 12.2. The van der Waals surface area contributed by atoms with E-state index in [0.29, 0.717) is 5.57 Å². The van der Waals surface area contributed by atoms with Gasteiger partial charge in [-0.05, 0) is 27.7 Å². The first-order valence-electron chi connectivity index (χ1n) is 5.42. The van der Waals surface area contributed by atoms with Gasteiger partial charge in [-0.1, -0.05) is 19.1 Å². The number of ether oxygens (including phenoxy) is 1. The Morgan fingerprint density at radius 2 is 1.82 bits per heavy atom. The van der Waals surface area contributed by atoms with Gasteiger partial charge in [0, 0.05) is 5.92 Å². The van der Waals surface area contributed by atoms with Crippen LogP contribution in [0.15, 0.2) is 12.2 Å². The predicted octanol–water partition coefficient (Wildman–Crippen LogP) is 2.18. The molecule has 0 heterocycles. The number of carbonyl (C=O) groups is 2. The van der Waals surface area contributed by atoms with Crippen LogP contribution in [0.5, 0.6) is 0 Å². The molecule has 0 spiro atoms. The van der Waals surface area contributed by atoms with E-state index in [1.54, 1.807) is 34.6 Å². The predicted molar refractivity (Wildman–Crippen MR) is 64.8 cm³/mol. The van der Waals surface area contributed by atoms with E-state index in [9.17, 15) is 9.59 Å². The van der Waals surface area contributed by atoms with Crippen LogP contribution < -0.4 is 5.32 Å². The van der Waals surface area contributed by atoms with Crippen molar-refractivity contribution in [1.29, 1.82) is 0 Å². The second-order valence-corrected chi connectivity index (χ2v) is 5.10. The van der Waals surface area contributed by atoms with E-state index in [1.807, 2.05) is 0 Å². The fourth-order valence-electron chi connectivity index (χ4n) is 1.12. The van der Waals surface area contributed by atoms with Gasteiger partial charge in [-0.25, -0.2) is 9.59 Å². The number of aliphatic carboxylic acids is 1. The third kappa shape index (κ3) is 5.94. The van der Waals surface area contributed by atoms with Crippen molar-refractivity contribution < 1.29 is 19.4 Å². The second kappa shape index (κ2) is 5.70. The quantitative estimate of drug-likeness (QED) is 0.742. The van der Waals surface area contributed by atoms with E-state index in [2.05, 4.69) is 11.9 Å². The van der Waals surface area contributed by atoms with Gasteiger partial charge in [0.05, 0.1) is 0 Å². The molecule has 0 radical (unpaired) electrons. The first-order chi connectivity index (χ1) is 7.54. The first kappa shape index (κ1) is 15.5. The molecule has 2 N–H and O–H groups in total. The highest BCUT2D eigenvalue weighted by molar-refractivity contribution is 5.80. The number of carboxylic acid groups (broad SMARTS) is 1. The van der Waals surface area contributed by atoms with E-state index >= 15 is 0 Å². The topological polar surface area (TPSA) is 75.6 Å². The summed E-state index contributed by atoms with van der Waals surface area (Å²) >= 11 is 0. The average Bonchev–Trinajstić information content (AvgIpc) is 2.09. The molecule has 0 aromatic rings. The molecule has 2 atom stereocenters. The van der Waals surface area contributed by atoms with Crippen molar-refractivity contribution in [2.24, 2.45) is 5.92 Å². The lowest BCUT2D eigenvalue weighted by Gasteiger charge is -2.25. The summed E-state index contributed by atoms with van der Waals surface area (Å²) in [5, 5.41) is 11.4. The molecule has 1 amide bonds. The highest BCUT2D eigenvalue weighted by atomic mass is 16.6. The van der Waals surface area contributed by atoms with E-state index in [4.69, 9.17) is 9.84 Å². The number of amides is 1. The fourth-order valence-corrected chi connectivity index (χ4v) is 1.12. The standard InChI is InChI=1S/C12H21NO4/c1-7(2)8(3)9(10(14)15)13-11(16)17-12(4,5)6/h8-9H,1H2,2-6H3,(H,13,16)(H,14,15)/t8-,9+/m1/s1. The summed E-state index contributed by atoms with van der Waals surface area (Å²) < 4.78 is 5.01. The lowest BCUT2D eigenvalue weighted by molar-refractivity contribution is -0.140. The van der Waals surface area contributed by atoms with Crippen molar-refractivity contribution in [3.63, 3.8) is 0 Å². The average molecular weight is 243 g/mol. The zero-order valence-corrected chi connectivity index (χ0v) is 11.0. The molecule has 5 nitrogen and oxygen atoms in total. The number of carbonyl (C=O) groups excluding carboxylic acids is 1. The van der Waals surface area contributed by atoms with Gasteiger partial charge in [-0.2, -0.15) is 0 Å². The molecule has 0 fully saturated rings. The Hall–Kier alpha value is -1.52. The lowest BCUT2D eigenvalue weighted by atomic mass is 9.95. The molecule has 5 heteroatoms. The van der Waals surface area contributed by atoms with Crippen LogP contribution in [0.4, 0.5) is 4.79 Å². The number of nitrogens with one attached hydrogen (secondary N) is 1. The van der Waals surface area contributed by atoms with Gasteiger partial charge in [0.25, 0.3) is 0 Å². The van der Waals surface area contributed by atoms with Crippen molar-refractivity contribution in [2.45, 2.75) is 46.3 Å². The molecule has 0 aliphatic carbocycles. The molecule has 0 aliphatic heterocycles. The smallest absolute Gasteiger partial charge is 0.408 e. The number of hydrogen-bond acceptors (Lipinski definition) is 3. The van der Waals surface area contributed by atoms with Gasteiger partial charge in [-0.15, -0.1) is 0 Å². The van der Waals surface area contributed by atoms with E-state index < -0.39 is 23.7 Å². The maximum Gasteiger partial charge on any atom is 0.408 e. The molecule has 17 heavy (non-hydrogen) atoms. The van der Waals surface area contributed by atoms with Gasteiger partial charge in [0.15, 0.2) is 0 Å². The van der Waals surface area contributed by atoms with Gasteiger partial charge < -0.3 is 15.2 Å². The Morgan fingerprint density at radius 1 is 1.35 bits per heavy atom. The second-order valence-electron chi connectivity index (χ2n) is 5.10. The molecule has 0 saturated heterocycles. The molecule has 98 valence electrons. The van der Waals surface area contributed by atoms with Gasteiger partial charge in [-0.3, -0.25) is 0 Å². The fraction of sp³-hybridized carbons (Fsp3) is 0.667. The number of rotatable bonds is 4. The van der Waals surface area contributed by atoms with Crippen LogP contribution >= 0.6 is 0 Å². The van der Waals surface area contributed by atoms with Crippen molar-refractivity contribution in [2.75, 3.05) is 0 Å². The van der Waals surface area contributed by atoms with Crippen LogP contribution in [0.2, 0.25) is 0 Å². The van der Waals surface area contributed by atoms with Crippen molar-refractivity contribution in [3.8, 4) is 0 Å². The summed E-state index contributed by atoms with van der Waals surface area (Å²) in [6.07, 6.45) is -0.738. The van der Waals surface area contributed by atoms with E-state index in [0.717, 1.165) is 0 Å². The molecular formula is C12H21NO4. The zero-order valence-electron chi connectivity index (χ0n) is 11.0. The van der Waals surface area contributed by atoms with Crippen LogP contribution in [0, 0.1) is 5.92 Å². The Balaban J connectivity index is 4.62. The molecule has 0 aromatic carbocycles. The largest absolute Gasteiger partial charge is 0.480 e. The zero-order chi connectivity index (χ0) is 13.8. The molecular weight excluding hydrogens is 222 g/mol. The van der Waals surface area contributed by atoms with Crippen molar-refractivity contribution in [3.05, 3.63) is 12.2 Å². The van der Waals surface area contributed by atoms with Crippen LogP contribution in [-0.4, -0.2) is 28.8 Å². The SMILES string of the molecule is C=C(C)[C@@H](C)[C@H](NC(=O)OC(C)(C)C)C(=O)O. The summed E-state index contributed by atoms with van der Waals surface area (Å²) in [7, 11) is 0. The highest BCUT2D eigenvalue weighted by Crippen LogP contribution is 2.14. The number of hydrogen-bond donors (Lipinski definition) is 2. The number of carboxylic acids is 1. The van der Waals surface area contributed by atoms with E-state index in [-0.39, 0.29) is 5.92 Å². The Morgan fingerprint density at radius 3 is 2.12 bits per heavy atom. The maximum absolute atomic E-state index is 11.5. The molecule has 0 aromatic heterocycles. The number of alkyl carbamates (subject to hydrolysis) is 1. The van der Waals surface area contributed by atoms with Crippen molar-refractivity contribution in [1.82, 2.24) is 5.32 Å². The van der Waals surface area contributed by atoms with Crippen LogP contribution in [0.3, 0.4) is 0 Å². The monoisotopic (exact) mass is 243 g/mol. The third-order valence-corrected chi connectivity index (χ3v) is 2.22. The maximum atomic E-state index is 11.5.